The van der Waals surface area contributed by atoms with Gasteiger partial charge in [-0.2, -0.15) is 0 Å². The van der Waals surface area contributed by atoms with Crippen molar-refractivity contribution in [3.8, 4) is 11.3 Å². The lowest BCUT2D eigenvalue weighted by atomic mass is 10.0. The second kappa shape index (κ2) is 7.47. The normalized spacial score (nSPS) is 17.5. The summed E-state index contributed by atoms with van der Waals surface area (Å²) in [6.45, 7) is 4.35. The van der Waals surface area contributed by atoms with E-state index in [0.717, 1.165) is 12.0 Å². The number of nitrogens with one attached hydrogen (secondary N) is 1. The minimum Gasteiger partial charge on any atom is -0.384 e. The van der Waals surface area contributed by atoms with E-state index in [1.165, 1.54) is 25.7 Å². The number of anilines is 2. The van der Waals surface area contributed by atoms with Crippen LogP contribution < -0.4 is 10.2 Å². The Bertz CT molecular complexity index is 854. The van der Waals surface area contributed by atoms with Crippen LogP contribution in [0.1, 0.15) is 51.6 Å². The molecule has 0 unspecified atom stereocenters. The van der Waals surface area contributed by atoms with Crippen molar-refractivity contribution in [2.24, 2.45) is 5.92 Å². The summed E-state index contributed by atoms with van der Waals surface area (Å²) in [6.07, 6.45) is 9.51. The van der Waals surface area contributed by atoms with Crippen molar-refractivity contribution in [3.63, 3.8) is 0 Å². The van der Waals surface area contributed by atoms with E-state index in [2.05, 4.69) is 15.3 Å². The van der Waals surface area contributed by atoms with Gasteiger partial charge in [-0.3, -0.25) is 14.7 Å². The Balaban J connectivity index is 1.59. The number of fused-ring (bicyclic) bond motifs is 1. The second-order valence-corrected chi connectivity index (χ2v) is 8.26. The molecular formula is C21H27N5O2. The van der Waals surface area contributed by atoms with Crippen LogP contribution in [0.4, 0.5) is 11.6 Å². The average Bonchev–Trinajstić information content (AvgIpc) is 3.20. The predicted molar refractivity (Wildman–Crippen MR) is 108 cm³/mol. The number of aliphatic hydroxyl groups is 1. The maximum atomic E-state index is 12.5. The fraction of sp³-hybridized carbons (Fsp3) is 0.524. The van der Waals surface area contributed by atoms with E-state index in [4.69, 9.17) is 4.98 Å². The summed E-state index contributed by atoms with van der Waals surface area (Å²) in [5.74, 6) is 1.99. The van der Waals surface area contributed by atoms with Crippen LogP contribution in [0.5, 0.6) is 0 Å². The lowest BCUT2D eigenvalue weighted by Crippen LogP contribution is -2.42. The molecule has 28 heavy (non-hydrogen) atoms. The summed E-state index contributed by atoms with van der Waals surface area (Å²) in [4.78, 5) is 27.9. The molecule has 1 fully saturated rings. The fourth-order valence-corrected chi connectivity index (χ4v) is 3.95. The molecule has 2 aromatic heterocycles. The molecule has 0 saturated heterocycles. The monoisotopic (exact) mass is 381 g/mol. The van der Waals surface area contributed by atoms with Gasteiger partial charge in [-0.05, 0) is 38.3 Å². The van der Waals surface area contributed by atoms with Gasteiger partial charge in [-0.15, -0.1) is 0 Å². The summed E-state index contributed by atoms with van der Waals surface area (Å²) >= 11 is 0. The van der Waals surface area contributed by atoms with Crippen LogP contribution in [0.3, 0.4) is 0 Å². The molecule has 1 saturated carbocycles. The van der Waals surface area contributed by atoms with Gasteiger partial charge in [0.2, 0.25) is 5.91 Å². The Morgan fingerprint density at radius 2 is 2.00 bits per heavy atom. The van der Waals surface area contributed by atoms with Gasteiger partial charge in [0.05, 0.1) is 24.1 Å². The Hall–Kier alpha value is -2.54. The molecule has 2 N–H and O–H groups in total. The van der Waals surface area contributed by atoms with Crippen molar-refractivity contribution >= 4 is 17.5 Å². The molecule has 7 nitrogen and oxygen atoms in total. The molecule has 148 valence electrons. The van der Waals surface area contributed by atoms with Crippen LogP contribution in [-0.4, -0.2) is 39.1 Å². The first kappa shape index (κ1) is 18.8. The Morgan fingerprint density at radius 1 is 1.21 bits per heavy atom. The first-order valence-electron chi connectivity index (χ1n) is 10.0. The Morgan fingerprint density at radius 3 is 2.68 bits per heavy atom. The summed E-state index contributed by atoms with van der Waals surface area (Å²) in [5.41, 5.74) is 1.07. The largest absolute Gasteiger partial charge is 0.384 e. The number of hydrogen-bond acceptors (Lipinski definition) is 6. The Labute approximate surface area is 165 Å². The molecule has 3 heterocycles. The molecule has 0 atom stereocenters. The molecule has 1 aliphatic heterocycles. The molecule has 1 aliphatic carbocycles. The van der Waals surface area contributed by atoms with E-state index in [9.17, 15) is 9.90 Å². The van der Waals surface area contributed by atoms with Gasteiger partial charge < -0.3 is 10.4 Å². The molecule has 0 aromatic carbocycles. The van der Waals surface area contributed by atoms with Crippen LogP contribution >= 0.6 is 0 Å². The minimum atomic E-state index is -0.993. The first-order valence-corrected chi connectivity index (χ1v) is 10.0. The lowest BCUT2D eigenvalue weighted by molar-refractivity contribution is -0.117. The third kappa shape index (κ3) is 3.85. The molecular weight excluding hydrogens is 354 g/mol. The number of nitrogens with zero attached hydrogens (tertiary/aromatic N) is 4. The van der Waals surface area contributed by atoms with Crippen molar-refractivity contribution in [3.05, 3.63) is 30.2 Å². The number of amides is 1. The third-order valence-electron chi connectivity index (χ3n) is 5.64. The zero-order valence-corrected chi connectivity index (χ0v) is 16.5. The molecule has 0 spiro atoms. The zero-order valence-electron chi connectivity index (χ0n) is 16.5. The number of carbonyl (C=O) groups excluding carboxylic acids is 1. The smallest absolute Gasteiger partial charge is 0.247 e. The fourth-order valence-electron chi connectivity index (χ4n) is 3.95. The Kier molecular flexibility index (Phi) is 5.02. The van der Waals surface area contributed by atoms with Gasteiger partial charge in [0.15, 0.2) is 11.6 Å². The number of hydrogen-bond donors (Lipinski definition) is 2. The van der Waals surface area contributed by atoms with Gasteiger partial charge in [0.1, 0.15) is 5.60 Å². The summed E-state index contributed by atoms with van der Waals surface area (Å²) in [6, 6.07) is 3.66. The molecule has 0 radical (unpaired) electrons. The van der Waals surface area contributed by atoms with Crippen LogP contribution in [0.25, 0.3) is 11.3 Å². The SMILES string of the molecule is CC(C)(O)c1ccc(-c2cnc3c(n2)N(CCC2CCCC2)C(=O)CN3)cn1. The molecule has 1 amide bonds. The van der Waals surface area contributed by atoms with Gasteiger partial charge in [0.25, 0.3) is 0 Å². The quantitative estimate of drug-likeness (QED) is 0.827. The van der Waals surface area contributed by atoms with Crippen molar-refractivity contribution in [2.75, 3.05) is 23.3 Å². The third-order valence-corrected chi connectivity index (χ3v) is 5.64. The number of rotatable bonds is 5. The molecule has 0 bridgehead atoms. The summed E-state index contributed by atoms with van der Waals surface area (Å²) in [5, 5.41) is 13.1. The number of aromatic nitrogens is 3. The number of pyridine rings is 1. The zero-order chi connectivity index (χ0) is 19.7. The van der Waals surface area contributed by atoms with Gasteiger partial charge in [-0.1, -0.05) is 25.7 Å². The highest BCUT2D eigenvalue weighted by Crippen LogP contribution is 2.32. The number of carbonyl (C=O) groups is 1. The van der Waals surface area contributed by atoms with Crippen LogP contribution in [-0.2, 0) is 10.4 Å². The van der Waals surface area contributed by atoms with Gasteiger partial charge >= 0.3 is 0 Å². The highest BCUT2D eigenvalue weighted by molar-refractivity contribution is 6.00. The van der Waals surface area contributed by atoms with Crippen LogP contribution in [0, 0.1) is 5.92 Å². The van der Waals surface area contributed by atoms with Crippen LogP contribution in [0.15, 0.2) is 24.5 Å². The minimum absolute atomic E-state index is 0.0347. The first-order chi connectivity index (χ1) is 13.4. The highest BCUT2D eigenvalue weighted by atomic mass is 16.3. The van der Waals surface area contributed by atoms with Crippen molar-refractivity contribution in [2.45, 2.75) is 51.6 Å². The van der Waals surface area contributed by atoms with E-state index >= 15 is 0 Å². The van der Waals surface area contributed by atoms with E-state index in [0.29, 0.717) is 35.5 Å². The van der Waals surface area contributed by atoms with Gasteiger partial charge in [0, 0.05) is 18.3 Å². The molecule has 2 aliphatic rings. The van der Waals surface area contributed by atoms with Gasteiger partial charge in [-0.25, -0.2) is 9.97 Å². The summed E-state index contributed by atoms with van der Waals surface area (Å²) in [7, 11) is 0. The molecule has 4 rings (SSSR count). The summed E-state index contributed by atoms with van der Waals surface area (Å²) < 4.78 is 0. The highest BCUT2D eigenvalue weighted by Gasteiger charge is 2.28. The van der Waals surface area contributed by atoms with E-state index in [-0.39, 0.29) is 12.5 Å². The van der Waals surface area contributed by atoms with Crippen molar-refractivity contribution < 1.29 is 9.90 Å². The second-order valence-electron chi connectivity index (χ2n) is 8.26. The van der Waals surface area contributed by atoms with E-state index in [1.54, 1.807) is 37.2 Å². The lowest BCUT2D eigenvalue weighted by Gasteiger charge is -2.29. The molecule has 7 heteroatoms. The van der Waals surface area contributed by atoms with Crippen molar-refractivity contribution in [1.82, 2.24) is 15.0 Å². The molecule has 2 aromatic rings. The van der Waals surface area contributed by atoms with Crippen LogP contribution in [0.2, 0.25) is 0 Å². The van der Waals surface area contributed by atoms with E-state index < -0.39 is 5.60 Å². The standard InChI is InChI=1S/C21H27N5O2/c1-21(2,28)17-8-7-15(11-22-17)16-12-23-19-20(25-16)26(18(27)13-24-19)10-9-14-5-3-4-6-14/h7-8,11-12,14,28H,3-6,9-10,13H2,1-2H3,(H,23,24). The maximum absolute atomic E-state index is 12.5. The van der Waals surface area contributed by atoms with E-state index in [1.807, 2.05) is 6.07 Å². The topological polar surface area (TPSA) is 91.2 Å². The van der Waals surface area contributed by atoms with Crippen molar-refractivity contribution in [1.29, 1.82) is 0 Å². The maximum Gasteiger partial charge on any atom is 0.247 e. The predicted octanol–water partition coefficient (Wildman–Crippen LogP) is 3.10. The average molecular weight is 381 g/mol.